The second kappa shape index (κ2) is 7.82. The Labute approximate surface area is 155 Å². The lowest BCUT2D eigenvalue weighted by atomic mass is 10.0. The Morgan fingerprint density at radius 3 is 2.15 bits per heavy atom. The average molecular weight is 366 g/mol. The van der Waals surface area contributed by atoms with E-state index in [9.17, 15) is 19.2 Å². The van der Waals surface area contributed by atoms with Crippen LogP contribution in [0.1, 0.15) is 33.2 Å². The summed E-state index contributed by atoms with van der Waals surface area (Å²) in [5.41, 5.74) is 1.21. The van der Waals surface area contributed by atoms with Gasteiger partial charge in [-0.05, 0) is 19.1 Å². The number of benzene rings is 2. The lowest BCUT2D eigenvalue weighted by molar-refractivity contribution is -0.136. The van der Waals surface area contributed by atoms with Gasteiger partial charge in [0.05, 0.1) is 5.56 Å². The largest absolute Gasteiger partial charge is 0.449 e. The van der Waals surface area contributed by atoms with Crippen molar-refractivity contribution in [1.82, 2.24) is 10.2 Å². The number of hydrogen-bond donors (Lipinski definition) is 1. The molecule has 0 spiro atoms. The molecule has 2 aromatic rings. The molecule has 3 amide bonds. The average Bonchev–Trinajstić information content (AvgIpc) is 3.13. The summed E-state index contributed by atoms with van der Waals surface area (Å²) < 4.78 is 5.15. The summed E-state index contributed by atoms with van der Waals surface area (Å²) in [6.45, 7) is 2.04. The zero-order valence-electron chi connectivity index (χ0n) is 14.7. The van der Waals surface area contributed by atoms with Crippen LogP contribution in [0, 0.1) is 0 Å². The van der Waals surface area contributed by atoms with Crippen molar-refractivity contribution in [2.24, 2.45) is 0 Å². The van der Waals surface area contributed by atoms with Gasteiger partial charge in [-0.25, -0.2) is 9.59 Å². The minimum Gasteiger partial charge on any atom is -0.449 e. The Morgan fingerprint density at radius 1 is 0.963 bits per heavy atom. The molecule has 27 heavy (non-hydrogen) atoms. The fourth-order valence-electron chi connectivity index (χ4n) is 2.69. The summed E-state index contributed by atoms with van der Waals surface area (Å²) in [5.74, 6) is -1.43. The van der Waals surface area contributed by atoms with Gasteiger partial charge in [-0.2, -0.15) is 0 Å². The maximum atomic E-state index is 12.4. The molecule has 0 unspecified atom stereocenters. The molecular weight excluding hydrogens is 348 g/mol. The van der Waals surface area contributed by atoms with Crippen molar-refractivity contribution in [1.29, 1.82) is 0 Å². The molecule has 1 heterocycles. The van der Waals surface area contributed by atoms with Crippen LogP contribution in [-0.4, -0.2) is 47.8 Å². The van der Waals surface area contributed by atoms with Crippen molar-refractivity contribution in [2.75, 3.05) is 13.1 Å². The number of nitrogens with one attached hydrogen (secondary N) is 1. The Balaban J connectivity index is 1.64. The number of carbonyl (C=O) groups excluding carboxylic acids is 4. The zero-order chi connectivity index (χ0) is 19.4. The third-order valence-corrected chi connectivity index (χ3v) is 4.17. The quantitative estimate of drug-likeness (QED) is 0.645. The maximum Gasteiger partial charge on any atom is 0.338 e. The fourth-order valence-corrected chi connectivity index (χ4v) is 2.69. The van der Waals surface area contributed by atoms with Crippen LogP contribution in [0.5, 0.6) is 0 Å². The van der Waals surface area contributed by atoms with E-state index in [4.69, 9.17) is 4.74 Å². The van der Waals surface area contributed by atoms with E-state index in [2.05, 4.69) is 5.32 Å². The third-order valence-electron chi connectivity index (χ3n) is 4.17. The van der Waals surface area contributed by atoms with Crippen molar-refractivity contribution in [2.45, 2.75) is 13.0 Å². The van der Waals surface area contributed by atoms with E-state index in [1.165, 1.54) is 31.2 Å². The highest BCUT2D eigenvalue weighted by molar-refractivity contribution is 6.09. The molecule has 7 nitrogen and oxygen atoms in total. The predicted octanol–water partition coefficient (Wildman–Crippen LogP) is 2.01. The lowest BCUT2D eigenvalue weighted by Gasteiger charge is -2.18. The van der Waals surface area contributed by atoms with Crippen LogP contribution in [-0.2, 0) is 9.53 Å². The molecule has 7 heteroatoms. The summed E-state index contributed by atoms with van der Waals surface area (Å²) >= 11 is 0. The highest BCUT2D eigenvalue weighted by atomic mass is 16.5. The molecule has 0 aromatic heterocycles. The zero-order valence-corrected chi connectivity index (χ0v) is 14.7. The molecule has 0 radical (unpaired) electrons. The normalized spacial score (nSPS) is 14.4. The van der Waals surface area contributed by atoms with E-state index in [0.717, 1.165) is 4.90 Å². The fraction of sp³-hybridized carbons (Fsp3) is 0.200. The van der Waals surface area contributed by atoms with Crippen LogP contribution in [0.3, 0.4) is 0 Å². The Bertz CT molecular complexity index is 877. The molecule has 3 rings (SSSR count). The molecule has 1 N–H and O–H groups in total. The topological polar surface area (TPSA) is 92.8 Å². The first-order valence-corrected chi connectivity index (χ1v) is 8.47. The Morgan fingerprint density at radius 2 is 1.56 bits per heavy atom. The number of nitrogens with zero attached hydrogens (tertiary/aromatic N) is 1. The van der Waals surface area contributed by atoms with Gasteiger partial charge in [0.25, 0.3) is 5.91 Å². The van der Waals surface area contributed by atoms with Crippen molar-refractivity contribution >= 4 is 23.7 Å². The molecular formula is C20H18N2O5. The van der Waals surface area contributed by atoms with Crippen LogP contribution >= 0.6 is 0 Å². The van der Waals surface area contributed by atoms with E-state index < -0.39 is 24.0 Å². The van der Waals surface area contributed by atoms with Gasteiger partial charge in [-0.15, -0.1) is 0 Å². The van der Waals surface area contributed by atoms with E-state index in [0.29, 0.717) is 17.7 Å². The number of urea groups is 1. The highest BCUT2D eigenvalue weighted by Crippen LogP contribution is 2.13. The Hall–Kier alpha value is -3.48. The molecule has 1 fully saturated rings. The van der Waals surface area contributed by atoms with Gasteiger partial charge in [0.2, 0.25) is 0 Å². The number of ketones is 1. The van der Waals surface area contributed by atoms with E-state index in [-0.39, 0.29) is 17.9 Å². The number of amides is 3. The second-order valence-corrected chi connectivity index (χ2v) is 6.04. The highest BCUT2D eigenvalue weighted by Gasteiger charge is 2.31. The van der Waals surface area contributed by atoms with Crippen molar-refractivity contribution in [3.05, 3.63) is 71.3 Å². The number of imide groups is 1. The van der Waals surface area contributed by atoms with Crippen LogP contribution in [0.2, 0.25) is 0 Å². The number of esters is 1. The number of ether oxygens (including phenoxy) is 1. The molecule has 1 atom stereocenters. The molecule has 138 valence electrons. The molecule has 0 saturated carbocycles. The molecule has 2 aromatic carbocycles. The van der Waals surface area contributed by atoms with Gasteiger partial charge in [0.15, 0.2) is 11.9 Å². The minimum absolute atomic E-state index is 0.154. The first-order chi connectivity index (χ1) is 13.0. The number of carbonyl (C=O) groups is 4. The van der Waals surface area contributed by atoms with Crippen molar-refractivity contribution in [3.63, 3.8) is 0 Å². The smallest absolute Gasteiger partial charge is 0.338 e. The van der Waals surface area contributed by atoms with Gasteiger partial charge < -0.3 is 10.1 Å². The lowest BCUT2D eigenvalue weighted by Crippen LogP contribution is -2.41. The second-order valence-electron chi connectivity index (χ2n) is 6.04. The summed E-state index contributed by atoms with van der Waals surface area (Å²) in [4.78, 5) is 49.3. The maximum absolute atomic E-state index is 12.4. The van der Waals surface area contributed by atoms with Gasteiger partial charge in [0.1, 0.15) is 0 Å². The van der Waals surface area contributed by atoms with Gasteiger partial charge >= 0.3 is 12.0 Å². The summed E-state index contributed by atoms with van der Waals surface area (Å²) in [7, 11) is 0. The van der Waals surface area contributed by atoms with Crippen LogP contribution < -0.4 is 5.32 Å². The predicted molar refractivity (Wildman–Crippen MR) is 96.3 cm³/mol. The SMILES string of the molecule is C[C@H](OC(=O)c1ccc(C(=O)c2ccccc2)cc1)C(=O)N1CCNC1=O. The van der Waals surface area contributed by atoms with Crippen LogP contribution in [0.25, 0.3) is 0 Å². The number of rotatable bonds is 5. The summed E-state index contributed by atoms with van der Waals surface area (Å²) in [5, 5.41) is 2.51. The first-order valence-electron chi connectivity index (χ1n) is 8.47. The van der Waals surface area contributed by atoms with E-state index in [1.54, 1.807) is 24.3 Å². The van der Waals surface area contributed by atoms with Gasteiger partial charge in [-0.3, -0.25) is 14.5 Å². The Kier molecular flexibility index (Phi) is 5.30. The summed E-state index contributed by atoms with van der Waals surface area (Å²) in [6.07, 6.45) is -1.09. The molecule has 0 bridgehead atoms. The first kappa shape index (κ1) is 18.3. The molecule has 0 aliphatic carbocycles. The standard InChI is InChI=1S/C20H18N2O5/c1-13(18(24)22-12-11-21-20(22)26)27-19(25)16-9-7-15(8-10-16)17(23)14-5-3-2-4-6-14/h2-10,13H,11-12H2,1H3,(H,21,26)/t13-/m0/s1. The minimum atomic E-state index is -1.09. The third kappa shape index (κ3) is 4.03. The van der Waals surface area contributed by atoms with Gasteiger partial charge in [-0.1, -0.05) is 42.5 Å². The van der Waals surface area contributed by atoms with Crippen molar-refractivity contribution < 1.29 is 23.9 Å². The molecule has 1 aliphatic heterocycles. The van der Waals surface area contributed by atoms with E-state index in [1.807, 2.05) is 6.07 Å². The van der Waals surface area contributed by atoms with E-state index >= 15 is 0 Å². The van der Waals surface area contributed by atoms with Crippen LogP contribution in [0.4, 0.5) is 4.79 Å². The van der Waals surface area contributed by atoms with Gasteiger partial charge in [0, 0.05) is 24.2 Å². The summed E-state index contributed by atoms with van der Waals surface area (Å²) in [6, 6.07) is 14.3. The van der Waals surface area contributed by atoms with Crippen LogP contribution in [0.15, 0.2) is 54.6 Å². The number of hydrogen-bond acceptors (Lipinski definition) is 5. The molecule has 1 saturated heterocycles. The monoisotopic (exact) mass is 366 g/mol. The van der Waals surface area contributed by atoms with Crippen molar-refractivity contribution in [3.8, 4) is 0 Å². The molecule has 1 aliphatic rings.